The molecule has 0 saturated heterocycles. The number of aliphatic carboxylic acids is 1. The van der Waals surface area contributed by atoms with Crippen molar-refractivity contribution in [2.75, 3.05) is 18.6 Å². The molecule has 0 aromatic heterocycles. The summed E-state index contributed by atoms with van der Waals surface area (Å²) in [6, 6.07) is -1.52. The second-order valence-electron chi connectivity index (χ2n) is 4.81. The van der Waals surface area contributed by atoms with E-state index >= 15 is 0 Å². The summed E-state index contributed by atoms with van der Waals surface area (Å²) in [5, 5.41) is 13.8. The van der Waals surface area contributed by atoms with Crippen LogP contribution in [0, 0.1) is 5.41 Å². The predicted octanol–water partition coefficient (Wildman–Crippen LogP) is 0.163. The van der Waals surface area contributed by atoms with Crippen LogP contribution < -0.4 is 10.6 Å². The van der Waals surface area contributed by atoms with Gasteiger partial charge in [0.2, 0.25) is 0 Å². The van der Waals surface area contributed by atoms with Crippen LogP contribution in [0.15, 0.2) is 0 Å². The number of hydrogen-bond donors (Lipinski definition) is 3. The normalized spacial score (nSPS) is 14.8. The molecule has 0 aliphatic rings. The Hall–Kier alpha value is -1.11. The first-order valence-corrected chi connectivity index (χ1v) is 6.94. The highest BCUT2D eigenvalue weighted by Crippen LogP contribution is 2.19. The van der Waals surface area contributed by atoms with Crippen LogP contribution in [0.3, 0.4) is 0 Å². The van der Waals surface area contributed by atoms with Gasteiger partial charge in [-0.1, -0.05) is 20.8 Å². The molecule has 7 heteroatoms. The molecule has 0 aliphatic heterocycles. The Labute approximate surface area is 104 Å². The standard InChI is InChI=1S/C10H20N2O4S/c1-10(2,3)7(8(13)14)12-9(15)11-5-6-17(4)16/h7H,5-6H2,1-4H3,(H,13,14)(H2,11,12,15)/t7-,17?/m0/s1. The van der Waals surface area contributed by atoms with E-state index < -0.39 is 34.3 Å². The highest BCUT2D eigenvalue weighted by Gasteiger charge is 2.32. The lowest BCUT2D eigenvalue weighted by molar-refractivity contribution is -0.141. The van der Waals surface area contributed by atoms with Crippen molar-refractivity contribution >= 4 is 22.8 Å². The molecule has 2 amide bonds. The van der Waals surface area contributed by atoms with Crippen LogP contribution in [0.5, 0.6) is 0 Å². The molecule has 0 radical (unpaired) electrons. The largest absolute Gasteiger partial charge is 0.480 e. The highest BCUT2D eigenvalue weighted by atomic mass is 32.2. The molecule has 0 aromatic rings. The molecule has 0 fully saturated rings. The Bertz CT molecular complexity index is 312. The van der Waals surface area contributed by atoms with Crippen LogP contribution in [-0.2, 0) is 15.6 Å². The first-order valence-electron chi connectivity index (χ1n) is 5.22. The average Bonchev–Trinajstić information content (AvgIpc) is 2.11. The minimum absolute atomic E-state index is 0.255. The van der Waals surface area contributed by atoms with Gasteiger partial charge in [-0.05, 0) is 5.41 Å². The van der Waals surface area contributed by atoms with Crippen molar-refractivity contribution in [2.45, 2.75) is 26.8 Å². The van der Waals surface area contributed by atoms with Crippen molar-refractivity contribution < 1.29 is 18.9 Å². The summed E-state index contributed by atoms with van der Waals surface area (Å²) in [5.74, 6) is -0.729. The van der Waals surface area contributed by atoms with Gasteiger partial charge in [-0.2, -0.15) is 0 Å². The Balaban J connectivity index is 4.24. The van der Waals surface area contributed by atoms with E-state index in [4.69, 9.17) is 5.11 Å². The van der Waals surface area contributed by atoms with Gasteiger partial charge in [0.05, 0.1) is 0 Å². The summed E-state index contributed by atoms with van der Waals surface area (Å²) in [7, 11) is -0.979. The van der Waals surface area contributed by atoms with Gasteiger partial charge in [0.25, 0.3) is 0 Å². The molecule has 0 saturated carbocycles. The van der Waals surface area contributed by atoms with Crippen LogP contribution in [0.1, 0.15) is 20.8 Å². The Kier molecular flexibility index (Phi) is 6.15. The van der Waals surface area contributed by atoms with Gasteiger partial charge in [0.1, 0.15) is 6.04 Å². The van der Waals surface area contributed by atoms with E-state index in [-0.39, 0.29) is 6.54 Å². The molecule has 3 N–H and O–H groups in total. The number of carbonyl (C=O) groups is 2. The molecule has 0 rings (SSSR count). The second-order valence-corrected chi connectivity index (χ2v) is 6.37. The molecule has 0 spiro atoms. The fraction of sp³-hybridized carbons (Fsp3) is 0.800. The Morgan fingerprint density at radius 1 is 1.35 bits per heavy atom. The number of hydrogen-bond acceptors (Lipinski definition) is 3. The van der Waals surface area contributed by atoms with Gasteiger partial charge >= 0.3 is 12.0 Å². The van der Waals surface area contributed by atoms with E-state index in [1.807, 2.05) is 0 Å². The number of carbonyl (C=O) groups excluding carboxylic acids is 1. The van der Waals surface area contributed by atoms with E-state index in [0.29, 0.717) is 5.75 Å². The number of amides is 2. The summed E-state index contributed by atoms with van der Waals surface area (Å²) in [5.41, 5.74) is -0.573. The molecule has 0 aliphatic carbocycles. The number of carboxylic acids is 1. The molecule has 17 heavy (non-hydrogen) atoms. The summed E-state index contributed by atoms with van der Waals surface area (Å²) in [6.07, 6.45) is 1.54. The van der Waals surface area contributed by atoms with Gasteiger partial charge in [0.15, 0.2) is 0 Å². The first kappa shape index (κ1) is 15.9. The first-order chi connectivity index (χ1) is 7.64. The number of urea groups is 1. The van der Waals surface area contributed by atoms with Crippen LogP contribution in [-0.4, -0.2) is 45.9 Å². The number of nitrogens with one attached hydrogen (secondary N) is 2. The van der Waals surface area contributed by atoms with Crippen molar-refractivity contribution in [1.82, 2.24) is 10.6 Å². The quantitative estimate of drug-likeness (QED) is 0.659. The predicted molar refractivity (Wildman–Crippen MR) is 66.3 cm³/mol. The van der Waals surface area contributed by atoms with Crippen molar-refractivity contribution in [3.63, 3.8) is 0 Å². The molecule has 1 unspecified atom stereocenters. The summed E-state index contributed by atoms with van der Waals surface area (Å²) in [4.78, 5) is 22.4. The maximum absolute atomic E-state index is 11.4. The number of rotatable bonds is 5. The lowest BCUT2D eigenvalue weighted by atomic mass is 9.87. The maximum Gasteiger partial charge on any atom is 0.326 e. The van der Waals surface area contributed by atoms with E-state index in [1.54, 1.807) is 20.8 Å². The molecule has 0 bridgehead atoms. The fourth-order valence-electron chi connectivity index (χ4n) is 1.14. The molecular weight excluding hydrogens is 244 g/mol. The van der Waals surface area contributed by atoms with Gasteiger partial charge in [-0.15, -0.1) is 0 Å². The number of carboxylic acid groups (broad SMARTS) is 1. The molecule has 0 heterocycles. The Morgan fingerprint density at radius 3 is 2.24 bits per heavy atom. The monoisotopic (exact) mass is 264 g/mol. The van der Waals surface area contributed by atoms with E-state index in [1.165, 1.54) is 6.26 Å². The SMILES string of the molecule is CS(=O)CCNC(=O)N[C@@H](C(=O)O)C(C)(C)C. The third-order valence-electron chi connectivity index (χ3n) is 2.06. The maximum atomic E-state index is 11.4. The van der Waals surface area contributed by atoms with Gasteiger partial charge < -0.3 is 15.7 Å². The van der Waals surface area contributed by atoms with Crippen molar-refractivity contribution in [2.24, 2.45) is 5.41 Å². The van der Waals surface area contributed by atoms with Crippen molar-refractivity contribution in [3.8, 4) is 0 Å². The van der Waals surface area contributed by atoms with Crippen molar-refractivity contribution in [1.29, 1.82) is 0 Å². The summed E-state index contributed by atoms with van der Waals surface area (Å²) < 4.78 is 10.8. The average molecular weight is 264 g/mol. The minimum Gasteiger partial charge on any atom is -0.480 e. The van der Waals surface area contributed by atoms with Crippen LogP contribution in [0.2, 0.25) is 0 Å². The Morgan fingerprint density at radius 2 is 1.88 bits per heavy atom. The smallest absolute Gasteiger partial charge is 0.326 e. The lowest BCUT2D eigenvalue weighted by Gasteiger charge is -2.27. The zero-order valence-electron chi connectivity index (χ0n) is 10.6. The van der Waals surface area contributed by atoms with Crippen LogP contribution >= 0.6 is 0 Å². The summed E-state index contributed by atoms with van der Waals surface area (Å²) in [6.45, 7) is 5.44. The molecule has 6 nitrogen and oxygen atoms in total. The zero-order valence-corrected chi connectivity index (χ0v) is 11.4. The zero-order chi connectivity index (χ0) is 13.6. The van der Waals surface area contributed by atoms with E-state index in [2.05, 4.69) is 10.6 Å². The third-order valence-corrected chi connectivity index (χ3v) is 2.84. The van der Waals surface area contributed by atoms with Gasteiger partial charge in [-0.3, -0.25) is 4.21 Å². The fourth-order valence-corrected chi connectivity index (χ4v) is 1.53. The second kappa shape index (κ2) is 6.58. The summed E-state index contributed by atoms with van der Waals surface area (Å²) >= 11 is 0. The molecule has 100 valence electrons. The van der Waals surface area contributed by atoms with Crippen molar-refractivity contribution in [3.05, 3.63) is 0 Å². The lowest BCUT2D eigenvalue weighted by Crippen LogP contribution is -2.52. The molecule has 2 atom stereocenters. The van der Waals surface area contributed by atoms with Crippen LogP contribution in [0.25, 0.3) is 0 Å². The van der Waals surface area contributed by atoms with E-state index in [0.717, 1.165) is 0 Å². The van der Waals surface area contributed by atoms with Crippen LogP contribution in [0.4, 0.5) is 4.79 Å². The topological polar surface area (TPSA) is 95.5 Å². The molecule has 0 aromatic carbocycles. The molecular formula is C10H20N2O4S. The highest BCUT2D eigenvalue weighted by molar-refractivity contribution is 7.84. The minimum atomic E-state index is -1.08. The van der Waals surface area contributed by atoms with Gasteiger partial charge in [0, 0.05) is 29.4 Å². The third kappa shape index (κ3) is 6.93. The van der Waals surface area contributed by atoms with Gasteiger partial charge in [-0.25, -0.2) is 9.59 Å². The van der Waals surface area contributed by atoms with E-state index in [9.17, 15) is 13.8 Å².